The van der Waals surface area contributed by atoms with E-state index in [4.69, 9.17) is 11.5 Å². The summed E-state index contributed by atoms with van der Waals surface area (Å²) in [7, 11) is 0. The van der Waals surface area contributed by atoms with Crippen LogP contribution in [0.2, 0.25) is 0 Å². The van der Waals surface area contributed by atoms with Crippen LogP contribution in [0.1, 0.15) is 30.3 Å². The van der Waals surface area contributed by atoms with E-state index >= 15 is 0 Å². The van der Waals surface area contributed by atoms with Gasteiger partial charge in [-0.05, 0) is 48.2 Å². The molecule has 2 aromatic carbocycles. The van der Waals surface area contributed by atoms with E-state index < -0.39 is 0 Å². The SMILES string of the molecule is CCCn1c(=O)c2[nH]c(Cc3cccc(N)c3)nc2n(CCc2cccc(N)c2)c1=O. The van der Waals surface area contributed by atoms with Crippen LogP contribution in [-0.2, 0) is 25.9 Å². The highest BCUT2D eigenvalue weighted by Crippen LogP contribution is 2.14. The van der Waals surface area contributed by atoms with E-state index in [1.54, 1.807) is 4.57 Å². The molecular formula is C23H26N6O2. The molecule has 0 amide bonds. The van der Waals surface area contributed by atoms with Gasteiger partial charge in [0.2, 0.25) is 0 Å². The maximum Gasteiger partial charge on any atom is 0.332 e. The van der Waals surface area contributed by atoms with Crippen molar-refractivity contribution in [3.63, 3.8) is 0 Å². The van der Waals surface area contributed by atoms with E-state index in [1.165, 1.54) is 4.57 Å². The number of fused-ring (bicyclic) bond motifs is 1. The van der Waals surface area contributed by atoms with Crippen molar-refractivity contribution in [2.45, 2.75) is 39.3 Å². The number of H-pyrrole nitrogens is 1. The number of aromatic amines is 1. The molecule has 0 spiro atoms. The third-order valence-electron chi connectivity index (χ3n) is 5.26. The number of aryl methyl sites for hydroxylation is 2. The minimum Gasteiger partial charge on any atom is -0.399 e. The van der Waals surface area contributed by atoms with Crippen LogP contribution in [0.15, 0.2) is 58.1 Å². The second-order valence-electron chi connectivity index (χ2n) is 7.69. The highest BCUT2D eigenvalue weighted by atomic mass is 16.2. The van der Waals surface area contributed by atoms with Crippen LogP contribution in [0, 0.1) is 0 Å². The molecule has 0 radical (unpaired) electrons. The van der Waals surface area contributed by atoms with Crippen LogP contribution < -0.4 is 22.7 Å². The van der Waals surface area contributed by atoms with Gasteiger partial charge in [-0.15, -0.1) is 0 Å². The molecule has 0 bridgehead atoms. The molecule has 2 aromatic heterocycles. The number of nitrogens with one attached hydrogen (secondary N) is 1. The monoisotopic (exact) mass is 418 g/mol. The molecule has 0 aliphatic rings. The van der Waals surface area contributed by atoms with E-state index in [2.05, 4.69) is 9.97 Å². The lowest BCUT2D eigenvalue weighted by atomic mass is 10.1. The molecule has 0 fully saturated rings. The van der Waals surface area contributed by atoms with Gasteiger partial charge in [-0.1, -0.05) is 31.2 Å². The predicted octanol–water partition coefficient (Wildman–Crippen LogP) is 2.29. The van der Waals surface area contributed by atoms with Crippen LogP contribution in [-0.4, -0.2) is 19.1 Å². The summed E-state index contributed by atoms with van der Waals surface area (Å²) in [5.41, 5.74) is 15.1. The highest BCUT2D eigenvalue weighted by molar-refractivity contribution is 5.70. The minimum atomic E-state index is -0.342. The number of nitrogen functional groups attached to an aromatic ring is 2. The Kier molecular flexibility index (Phi) is 5.62. The van der Waals surface area contributed by atoms with Crippen LogP contribution in [0.5, 0.6) is 0 Å². The summed E-state index contributed by atoms with van der Waals surface area (Å²) in [6, 6.07) is 15.1. The van der Waals surface area contributed by atoms with Crippen LogP contribution in [0.25, 0.3) is 11.2 Å². The summed E-state index contributed by atoms with van der Waals surface area (Å²) >= 11 is 0. The molecule has 4 aromatic rings. The summed E-state index contributed by atoms with van der Waals surface area (Å²) in [5.74, 6) is 0.615. The van der Waals surface area contributed by atoms with Gasteiger partial charge in [0, 0.05) is 30.9 Å². The Morgan fingerprint density at radius 3 is 2.29 bits per heavy atom. The normalized spacial score (nSPS) is 11.3. The van der Waals surface area contributed by atoms with Gasteiger partial charge in [0.25, 0.3) is 5.56 Å². The number of anilines is 2. The van der Waals surface area contributed by atoms with Crippen molar-refractivity contribution in [2.24, 2.45) is 0 Å². The van der Waals surface area contributed by atoms with Crippen molar-refractivity contribution < 1.29 is 0 Å². The zero-order valence-electron chi connectivity index (χ0n) is 17.5. The average Bonchev–Trinajstić information content (AvgIpc) is 3.15. The second kappa shape index (κ2) is 8.51. The second-order valence-corrected chi connectivity index (χ2v) is 7.69. The molecular weight excluding hydrogens is 392 g/mol. The molecule has 0 atom stereocenters. The first-order chi connectivity index (χ1) is 15.0. The maximum absolute atomic E-state index is 13.1. The van der Waals surface area contributed by atoms with E-state index in [0.29, 0.717) is 60.7 Å². The van der Waals surface area contributed by atoms with E-state index in [-0.39, 0.29) is 11.2 Å². The van der Waals surface area contributed by atoms with E-state index in [1.807, 2.05) is 55.5 Å². The summed E-state index contributed by atoms with van der Waals surface area (Å²) in [4.78, 5) is 33.9. The fourth-order valence-electron chi connectivity index (χ4n) is 3.81. The Morgan fingerprint density at radius 2 is 1.61 bits per heavy atom. The van der Waals surface area contributed by atoms with Crippen molar-refractivity contribution in [2.75, 3.05) is 11.5 Å². The first-order valence-electron chi connectivity index (χ1n) is 10.4. The maximum atomic E-state index is 13.1. The predicted molar refractivity (Wildman–Crippen MR) is 123 cm³/mol. The van der Waals surface area contributed by atoms with Crippen LogP contribution in [0.4, 0.5) is 11.4 Å². The van der Waals surface area contributed by atoms with Gasteiger partial charge in [-0.25, -0.2) is 9.78 Å². The van der Waals surface area contributed by atoms with Crippen molar-refractivity contribution in [1.29, 1.82) is 0 Å². The van der Waals surface area contributed by atoms with Gasteiger partial charge >= 0.3 is 5.69 Å². The van der Waals surface area contributed by atoms with Crippen molar-refractivity contribution in [1.82, 2.24) is 19.1 Å². The number of rotatable bonds is 7. The number of nitrogens with two attached hydrogens (primary N) is 2. The van der Waals surface area contributed by atoms with Crippen molar-refractivity contribution in [3.05, 3.63) is 86.3 Å². The third kappa shape index (κ3) is 4.23. The number of hydrogen-bond acceptors (Lipinski definition) is 5. The van der Waals surface area contributed by atoms with Gasteiger partial charge in [0.05, 0.1) is 0 Å². The average molecular weight is 419 g/mol. The molecule has 0 unspecified atom stereocenters. The largest absolute Gasteiger partial charge is 0.399 e. The zero-order chi connectivity index (χ0) is 22.0. The van der Waals surface area contributed by atoms with Gasteiger partial charge in [-0.2, -0.15) is 0 Å². The fourth-order valence-corrected chi connectivity index (χ4v) is 3.81. The number of imidazole rings is 1. The first-order valence-corrected chi connectivity index (χ1v) is 10.4. The topological polar surface area (TPSA) is 125 Å². The van der Waals surface area contributed by atoms with Crippen molar-refractivity contribution in [3.8, 4) is 0 Å². The fraction of sp³-hybridized carbons (Fsp3) is 0.261. The highest BCUT2D eigenvalue weighted by Gasteiger charge is 2.17. The van der Waals surface area contributed by atoms with Crippen LogP contribution in [0.3, 0.4) is 0 Å². The van der Waals surface area contributed by atoms with Gasteiger partial charge in [-0.3, -0.25) is 13.9 Å². The number of nitrogens with zero attached hydrogens (tertiary/aromatic N) is 3. The zero-order valence-corrected chi connectivity index (χ0v) is 17.5. The van der Waals surface area contributed by atoms with Gasteiger partial charge < -0.3 is 16.5 Å². The number of benzene rings is 2. The Morgan fingerprint density at radius 1 is 0.935 bits per heavy atom. The molecule has 0 saturated carbocycles. The molecule has 0 aliphatic heterocycles. The number of hydrogen-bond donors (Lipinski definition) is 3. The van der Waals surface area contributed by atoms with Gasteiger partial charge in [0.1, 0.15) is 11.3 Å². The van der Waals surface area contributed by atoms with E-state index in [9.17, 15) is 9.59 Å². The molecule has 4 rings (SSSR count). The lowest BCUT2D eigenvalue weighted by Crippen LogP contribution is -2.40. The lowest BCUT2D eigenvalue weighted by Gasteiger charge is -2.11. The molecule has 8 heteroatoms. The quantitative estimate of drug-likeness (QED) is 0.397. The minimum absolute atomic E-state index is 0.339. The lowest BCUT2D eigenvalue weighted by molar-refractivity contribution is 0.559. The molecule has 2 heterocycles. The van der Waals surface area contributed by atoms with Gasteiger partial charge in [0.15, 0.2) is 5.65 Å². The third-order valence-corrected chi connectivity index (χ3v) is 5.26. The van der Waals surface area contributed by atoms with Crippen LogP contribution >= 0.6 is 0 Å². The molecule has 0 saturated heterocycles. The first kappa shape index (κ1) is 20.5. The molecule has 5 N–H and O–H groups in total. The Labute approximate surface area is 179 Å². The molecule has 160 valence electrons. The molecule has 31 heavy (non-hydrogen) atoms. The van der Waals surface area contributed by atoms with E-state index in [0.717, 1.165) is 11.1 Å². The Balaban J connectivity index is 1.77. The summed E-state index contributed by atoms with van der Waals surface area (Å²) in [6.07, 6.45) is 1.76. The number of aromatic nitrogens is 4. The Bertz CT molecular complexity index is 1350. The summed E-state index contributed by atoms with van der Waals surface area (Å²) < 4.78 is 2.86. The Hall–Kier alpha value is -3.81. The molecule has 8 nitrogen and oxygen atoms in total. The van der Waals surface area contributed by atoms with Crippen molar-refractivity contribution >= 4 is 22.5 Å². The summed E-state index contributed by atoms with van der Waals surface area (Å²) in [6.45, 7) is 2.69. The smallest absolute Gasteiger partial charge is 0.332 e. The molecule has 0 aliphatic carbocycles. The summed E-state index contributed by atoms with van der Waals surface area (Å²) in [5, 5.41) is 0. The standard InChI is InChI=1S/C23H26N6O2/c1-2-10-29-22(30)20-21(27-19(26-20)14-16-6-4-8-18(25)13-16)28(23(29)31)11-9-15-5-3-7-17(24)12-15/h3-8,12-13H,2,9-11,14,24-25H2,1H3,(H,26,27).